The molecule has 2 heterocycles. The van der Waals surface area contributed by atoms with Gasteiger partial charge < -0.3 is 4.90 Å². The van der Waals surface area contributed by atoms with Crippen molar-refractivity contribution >= 4 is 50.7 Å². The second-order valence-corrected chi connectivity index (χ2v) is 7.31. The molecule has 4 nitrogen and oxygen atoms in total. The van der Waals surface area contributed by atoms with Crippen LogP contribution in [0, 0.1) is 0 Å². The minimum Gasteiger partial charge on any atom is -0.310 e. The van der Waals surface area contributed by atoms with E-state index < -0.39 is 5.60 Å². The van der Waals surface area contributed by atoms with Crippen molar-refractivity contribution < 1.29 is 9.63 Å². The number of hydrogen-bond acceptors (Lipinski definition) is 3. The Morgan fingerprint density at radius 3 is 2.67 bits per heavy atom. The van der Waals surface area contributed by atoms with E-state index >= 15 is 0 Å². The number of nitrogens with one attached hydrogen (secondary N) is 1. The summed E-state index contributed by atoms with van der Waals surface area (Å²) in [6.45, 7) is 0.406. The molecule has 2 aliphatic rings. The first kappa shape index (κ1) is 16.0. The van der Waals surface area contributed by atoms with Gasteiger partial charge in [0.2, 0.25) is 5.60 Å². The lowest BCUT2D eigenvalue weighted by Crippen LogP contribution is -2.39. The van der Waals surface area contributed by atoms with Gasteiger partial charge in [-0.15, -0.1) is 0 Å². The van der Waals surface area contributed by atoms with E-state index in [0.29, 0.717) is 27.9 Å². The van der Waals surface area contributed by atoms with Crippen LogP contribution in [0.2, 0.25) is 5.02 Å². The zero-order chi connectivity index (χ0) is 16.9. The standard InChI is InChI=1S/C17H11BrCl2N2O2/c18-11-6-4-10(5-7-11)8-22-9-14(20)17(16(22)23)12-2-1-3-13(19)15(12)21-24-17/h1-7,9,21H,8H2. The lowest BCUT2D eigenvalue weighted by Gasteiger charge is -2.23. The van der Waals surface area contributed by atoms with Crippen LogP contribution in [-0.2, 0) is 21.8 Å². The number of rotatable bonds is 2. The highest BCUT2D eigenvalue weighted by atomic mass is 79.9. The first-order chi connectivity index (χ1) is 11.5. The summed E-state index contributed by atoms with van der Waals surface area (Å²) in [6.07, 6.45) is 1.61. The maximum atomic E-state index is 13.1. The number of fused-ring (bicyclic) bond motifs is 2. The summed E-state index contributed by atoms with van der Waals surface area (Å²) in [4.78, 5) is 20.2. The molecule has 1 atom stereocenters. The Kier molecular flexibility index (Phi) is 3.84. The second kappa shape index (κ2) is 5.77. The molecule has 24 heavy (non-hydrogen) atoms. The number of carbonyl (C=O) groups is 1. The summed E-state index contributed by atoms with van der Waals surface area (Å²) >= 11 is 16.0. The van der Waals surface area contributed by atoms with Gasteiger partial charge in [0.25, 0.3) is 5.91 Å². The molecular formula is C17H11BrCl2N2O2. The van der Waals surface area contributed by atoms with Crippen LogP contribution in [0.15, 0.2) is 58.2 Å². The predicted molar refractivity (Wildman–Crippen MR) is 96.5 cm³/mol. The van der Waals surface area contributed by atoms with Crippen LogP contribution < -0.4 is 5.48 Å². The predicted octanol–water partition coefficient (Wildman–Crippen LogP) is 4.78. The smallest absolute Gasteiger partial charge is 0.272 e. The number of halogens is 3. The van der Waals surface area contributed by atoms with Crippen molar-refractivity contribution in [3.63, 3.8) is 0 Å². The van der Waals surface area contributed by atoms with Crippen molar-refractivity contribution in [3.8, 4) is 0 Å². The average molecular weight is 426 g/mol. The third-order valence-electron chi connectivity index (χ3n) is 4.13. The number of nitrogens with zero attached hydrogens (tertiary/aromatic N) is 1. The summed E-state index contributed by atoms with van der Waals surface area (Å²) < 4.78 is 0.982. The summed E-state index contributed by atoms with van der Waals surface area (Å²) in [5.41, 5.74) is 3.56. The van der Waals surface area contributed by atoms with Crippen LogP contribution in [0.5, 0.6) is 0 Å². The van der Waals surface area contributed by atoms with Gasteiger partial charge in [-0.1, -0.05) is 63.4 Å². The molecule has 4 rings (SSSR count). The second-order valence-electron chi connectivity index (χ2n) is 5.58. The first-order valence-electron chi connectivity index (χ1n) is 7.18. The Morgan fingerprint density at radius 1 is 1.17 bits per heavy atom. The van der Waals surface area contributed by atoms with Gasteiger partial charge in [-0.05, 0) is 23.8 Å². The lowest BCUT2D eigenvalue weighted by molar-refractivity contribution is -0.144. The molecule has 7 heteroatoms. The molecule has 0 saturated heterocycles. The summed E-state index contributed by atoms with van der Waals surface area (Å²) in [5, 5.41) is 0.783. The van der Waals surface area contributed by atoms with Crippen molar-refractivity contribution in [2.75, 3.05) is 5.48 Å². The van der Waals surface area contributed by atoms with Crippen LogP contribution in [0.1, 0.15) is 11.1 Å². The molecule has 2 aromatic rings. The van der Waals surface area contributed by atoms with Gasteiger partial charge >= 0.3 is 0 Å². The van der Waals surface area contributed by atoms with E-state index in [1.54, 1.807) is 29.3 Å². The molecular weight excluding hydrogens is 415 g/mol. The van der Waals surface area contributed by atoms with Crippen molar-refractivity contribution in [3.05, 3.63) is 74.3 Å². The fraction of sp³-hybridized carbons (Fsp3) is 0.118. The monoisotopic (exact) mass is 424 g/mol. The quantitative estimate of drug-likeness (QED) is 0.752. The highest BCUT2D eigenvalue weighted by molar-refractivity contribution is 9.10. The SMILES string of the molecule is O=C1N(Cc2ccc(Br)cc2)C=C(Cl)C12ONc1c(Cl)cccc12. The first-order valence-corrected chi connectivity index (χ1v) is 8.73. The fourth-order valence-corrected chi connectivity index (χ4v) is 3.75. The van der Waals surface area contributed by atoms with Crippen molar-refractivity contribution in [2.45, 2.75) is 12.1 Å². The summed E-state index contributed by atoms with van der Waals surface area (Å²) in [6, 6.07) is 13.0. The van der Waals surface area contributed by atoms with E-state index in [-0.39, 0.29) is 5.91 Å². The molecule has 0 saturated carbocycles. The van der Waals surface area contributed by atoms with Gasteiger partial charge in [-0.2, -0.15) is 0 Å². The number of carbonyl (C=O) groups excluding carboxylic acids is 1. The van der Waals surface area contributed by atoms with E-state index in [1.807, 2.05) is 24.3 Å². The third-order valence-corrected chi connectivity index (χ3v) is 5.34. The fourth-order valence-electron chi connectivity index (χ4n) is 2.93. The minimum atomic E-state index is -1.36. The van der Waals surface area contributed by atoms with Gasteiger partial charge in [-0.25, -0.2) is 4.84 Å². The van der Waals surface area contributed by atoms with E-state index in [1.165, 1.54) is 0 Å². The third kappa shape index (κ3) is 2.27. The van der Waals surface area contributed by atoms with Gasteiger partial charge in [-0.3, -0.25) is 10.3 Å². The largest absolute Gasteiger partial charge is 0.310 e. The number of para-hydroxylation sites is 1. The van der Waals surface area contributed by atoms with Gasteiger partial charge in [0.15, 0.2) is 0 Å². The molecule has 0 fully saturated rings. The molecule has 1 N–H and O–H groups in total. The number of hydrogen-bond donors (Lipinski definition) is 1. The van der Waals surface area contributed by atoms with E-state index in [4.69, 9.17) is 28.0 Å². The lowest BCUT2D eigenvalue weighted by atomic mass is 9.93. The van der Waals surface area contributed by atoms with Crippen molar-refractivity contribution in [2.24, 2.45) is 0 Å². The molecule has 2 aliphatic heterocycles. The highest BCUT2D eigenvalue weighted by Gasteiger charge is 2.56. The average Bonchev–Trinajstić information content (AvgIpc) is 3.07. The molecule has 1 unspecified atom stereocenters. The number of benzene rings is 2. The topological polar surface area (TPSA) is 41.6 Å². The maximum absolute atomic E-state index is 13.1. The van der Waals surface area contributed by atoms with Crippen LogP contribution in [0.4, 0.5) is 5.69 Å². The normalized spacial score (nSPS) is 21.9. The van der Waals surface area contributed by atoms with Crippen molar-refractivity contribution in [1.82, 2.24) is 4.90 Å². The maximum Gasteiger partial charge on any atom is 0.272 e. The minimum absolute atomic E-state index is 0.246. The highest BCUT2D eigenvalue weighted by Crippen LogP contribution is 2.51. The Bertz CT molecular complexity index is 869. The van der Waals surface area contributed by atoms with E-state index in [9.17, 15) is 4.79 Å². The number of anilines is 1. The van der Waals surface area contributed by atoms with Gasteiger partial charge in [0.1, 0.15) is 0 Å². The zero-order valence-corrected chi connectivity index (χ0v) is 15.3. The molecule has 0 aromatic heterocycles. The molecule has 1 amide bonds. The summed E-state index contributed by atoms with van der Waals surface area (Å²) in [7, 11) is 0. The number of amides is 1. The molecule has 1 spiro atoms. The van der Waals surface area contributed by atoms with Crippen LogP contribution >= 0.6 is 39.1 Å². The molecule has 0 bridgehead atoms. The van der Waals surface area contributed by atoms with Crippen molar-refractivity contribution in [1.29, 1.82) is 0 Å². The molecule has 0 aliphatic carbocycles. The molecule has 0 radical (unpaired) electrons. The Balaban J connectivity index is 1.69. The van der Waals surface area contributed by atoms with Crippen LogP contribution in [0.25, 0.3) is 0 Å². The van der Waals surface area contributed by atoms with Gasteiger partial charge in [0, 0.05) is 16.2 Å². The van der Waals surface area contributed by atoms with E-state index in [2.05, 4.69) is 21.4 Å². The Morgan fingerprint density at radius 2 is 1.92 bits per heavy atom. The van der Waals surface area contributed by atoms with Crippen LogP contribution in [0.3, 0.4) is 0 Å². The Labute approximate surface area is 157 Å². The molecule has 2 aromatic carbocycles. The molecule has 122 valence electrons. The van der Waals surface area contributed by atoms with Gasteiger partial charge in [0.05, 0.1) is 22.3 Å². The van der Waals surface area contributed by atoms with Crippen LogP contribution in [-0.4, -0.2) is 10.8 Å². The van der Waals surface area contributed by atoms with E-state index in [0.717, 1.165) is 10.0 Å². The summed E-state index contributed by atoms with van der Waals surface area (Å²) in [5.74, 6) is -0.246. The zero-order valence-electron chi connectivity index (χ0n) is 12.2. The Hall–Kier alpha value is -1.53.